The van der Waals surface area contributed by atoms with E-state index >= 15 is 0 Å². The van der Waals surface area contributed by atoms with Crippen molar-refractivity contribution in [3.8, 4) is 27.6 Å². The first-order valence-corrected chi connectivity index (χ1v) is 15.3. The zero-order chi connectivity index (χ0) is 32.6. The van der Waals surface area contributed by atoms with E-state index in [1.165, 1.54) is 29.5 Å². The van der Waals surface area contributed by atoms with Crippen LogP contribution in [0, 0.1) is 11.6 Å². The summed E-state index contributed by atoms with van der Waals surface area (Å²) < 4.78 is 34.7. The van der Waals surface area contributed by atoms with E-state index in [1.54, 1.807) is 23.8 Å². The van der Waals surface area contributed by atoms with E-state index in [-0.39, 0.29) is 5.69 Å². The Hall–Kier alpha value is -5.27. The van der Waals surface area contributed by atoms with E-state index in [4.69, 9.17) is 4.74 Å². The van der Waals surface area contributed by atoms with Crippen molar-refractivity contribution in [3.63, 3.8) is 0 Å². The number of imide groups is 1. The fraction of sp³-hybridized carbons (Fsp3) is 0.182. The third-order valence-corrected chi connectivity index (χ3v) is 7.91. The van der Waals surface area contributed by atoms with Crippen LogP contribution < -0.4 is 15.0 Å². The highest BCUT2D eigenvalue weighted by molar-refractivity contribution is 7.13. The van der Waals surface area contributed by atoms with E-state index in [2.05, 4.69) is 39.0 Å². The average molecular weight is 645 g/mol. The normalized spacial score (nSPS) is 11.0. The number of carbonyl (C=O) groups excluding carboxylic acids is 1. The highest BCUT2D eigenvalue weighted by Gasteiger charge is 2.29. The molecule has 0 aliphatic carbocycles. The Balaban J connectivity index is 1.38. The zero-order valence-electron chi connectivity index (χ0n) is 25.0. The number of likely N-dealkylation sites (N-methyl/N-ethyl adjacent to an activating group) is 1. The van der Waals surface area contributed by atoms with E-state index in [0.717, 1.165) is 43.5 Å². The number of hydrogen-bond donors (Lipinski definition) is 2. The molecule has 10 nitrogen and oxygen atoms in total. The molecule has 0 saturated heterocycles. The third kappa shape index (κ3) is 7.33. The zero-order valence-corrected chi connectivity index (χ0v) is 25.8. The molecule has 46 heavy (non-hydrogen) atoms. The first-order valence-electron chi connectivity index (χ1n) is 14.4. The Morgan fingerprint density at radius 1 is 0.957 bits per heavy atom. The number of rotatable bonds is 12. The van der Waals surface area contributed by atoms with Crippen molar-refractivity contribution in [2.24, 2.45) is 0 Å². The maximum absolute atomic E-state index is 14.4. The Labute approximate surface area is 268 Å². The van der Waals surface area contributed by atoms with Gasteiger partial charge >= 0.3 is 6.09 Å². The Bertz CT molecular complexity index is 1830. The number of thiazole rings is 1. The van der Waals surface area contributed by atoms with Crippen molar-refractivity contribution in [1.29, 1.82) is 0 Å². The summed E-state index contributed by atoms with van der Waals surface area (Å²) in [4.78, 5) is 41.9. The molecule has 2 aromatic heterocycles. The van der Waals surface area contributed by atoms with Gasteiger partial charge in [0.25, 0.3) is 5.91 Å². The third-order valence-electron chi connectivity index (χ3n) is 7.07. The van der Waals surface area contributed by atoms with Crippen molar-refractivity contribution in [1.82, 2.24) is 19.9 Å². The van der Waals surface area contributed by atoms with Crippen LogP contribution in [0.2, 0.25) is 0 Å². The van der Waals surface area contributed by atoms with Gasteiger partial charge in [-0.1, -0.05) is 38.1 Å². The van der Waals surface area contributed by atoms with Gasteiger partial charge in [-0.15, -0.1) is 11.3 Å². The number of nitrogens with one attached hydrogen (secondary N) is 1. The number of benzene rings is 3. The summed E-state index contributed by atoms with van der Waals surface area (Å²) in [5.41, 5.74) is 2.74. The second-order valence-electron chi connectivity index (χ2n) is 9.89. The molecule has 5 aromatic rings. The molecule has 0 spiro atoms. The molecule has 0 saturated carbocycles. The van der Waals surface area contributed by atoms with Gasteiger partial charge in [0, 0.05) is 30.1 Å². The first-order chi connectivity index (χ1) is 22.3. The van der Waals surface area contributed by atoms with Gasteiger partial charge in [0.05, 0.1) is 27.5 Å². The highest BCUT2D eigenvalue weighted by atomic mass is 32.1. The molecule has 0 radical (unpaired) electrons. The number of amides is 2. The van der Waals surface area contributed by atoms with Gasteiger partial charge < -0.3 is 20.1 Å². The van der Waals surface area contributed by atoms with Crippen LogP contribution in [0.1, 0.15) is 24.2 Å². The molecule has 13 heteroatoms. The molecule has 0 unspecified atom stereocenters. The minimum atomic E-state index is -1.70. The number of hydrogen-bond acceptors (Lipinski definition) is 9. The van der Waals surface area contributed by atoms with Crippen molar-refractivity contribution < 1.29 is 28.2 Å². The Morgan fingerprint density at radius 2 is 1.70 bits per heavy atom. The van der Waals surface area contributed by atoms with Crippen LogP contribution in [0.25, 0.3) is 21.8 Å². The topological polar surface area (TPSA) is 121 Å². The van der Waals surface area contributed by atoms with E-state index < -0.39 is 29.2 Å². The minimum Gasteiger partial charge on any atom is -0.492 e. The molecular weight excluding hydrogens is 614 g/mol. The van der Waals surface area contributed by atoms with Crippen LogP contribution in [0.5, 0.6) is 5.75 Å². The fourth-order valence-electron chi connectivity index (χ4n) is 4.72. The summed E-state index contributed by atoms with van der Waals surface area (Å²) in [6.07, 6.45) is -0.101. The van der Waals surface area contributed by atoms with Crippen molar-refractivity contribution in [2.75, 3.05) is 36.5 Å². The number of carbonyl (C=O) groups is 2. The molecule has 3 aromatic carbocycles. The predicted octanol–water partition coefficient (Wildman–Crippen LogP) is 7.33. The summed E-state index contributed by atoms with van der Waals surface area (Å²) in [5.74, 6) is -2.65. The molecule has 0 aliphatic rings. The molecule has 0 bridgehead atoms. The van der Waals surface area contributed by atoms with Gasteiger partial charge in [-0.05, 0) is 55.6 Å². The lowest BCUT2D eigenvalue weighted by atomic mass is 10.1. The monoisotopic (exact) mass is 644 g/mol. The van der Waals surface area contributed by atoms with Gasteiger partial charge in [0.15, 0.2) is 0 Å². The number of halogens is 2. The van der Waals surface area contributed by atoms with E-state index in [9.17, 15) is 23.5 Å². The molecule has 236 valence electrons. The highest BCUT2D eigenvalue weighted by Crippen LogP contribution is 2.36. The quantitative estimate of drug-likeness (QED) is 0.144. The van der Waals surface area contributed by atoms with Gasteiger partial charge in [-0.3, -0.25) is 4.79 Å². The van der Waals surface area contributed by atoms with Crippen LogP contribution in [0.15, 0.2) is 84.5 Å². The largest absolute Gasteiger partial charge is 0.492 e. The van der Waals surface area contributed by atoms with Crippen molar-refractivity contribution >= 4 is 40.7 Å². The van der Waals surface area contributed by atoms with Gasteiger partial charge in [0.2, 0.25) is 5.95 Å². The van der Waals surface area contributed by atoms with Crippen LogP contribution in [-0.2, 0) is 0 Å². The lowest BCUT2D eigenvalue weighted by Gasteiger charge is -2.19. The Morgan fingerprint density at radius 3 is 2.43 bits per heavy atom. The molecule has 5 rings (SSSR count). The molecule has 0 aliphatic heterocycles. The number of anilines is 3. The smallest absolute Gasteiger partial charge is 0.419 e. The Kier molecular flexibility index (Phi) is 10.2. The molecule has 2 N–H and O–H groups in total. The predicted molar refractivity (Wildman–Crippen MR) is 173 cm³/mol. The van der Waals surface area contributed by atoms with Crippen LogP contribution in [0.3, 0.4) is 0 Å². The maximum Gasteiger partial charge on any atom is 0.419 e. The van der Waals surface area contributed by atoms with Gasteiger partial charge in [-0.2, -0.15) is 0 Å². The number of ether oxygens (including phenoxy) is 1. The lowest BCUT2D eigenvalue weighted by Crippen LogP contribution is -2.37. The minimum absolute atomic E-state index is 0.110. The lowest BCUT2D eigenvalue weighted by molar-refractivity contribution is 0.0975. The summed E-state index contributed by atoms with van der Waals surface area (Å²) in [6, 6.07) is 18.1. The average Bonchev–Trinajstić information content (AvgIpc) is 3.54. The van der Waals surface area contributed by atoms with Gasteiger partial charge in [-0.25, -0.2) is 33.4 Å². The maximum atomic E-state index is 14.4. The summed E-state index contributed by atoms with van der Waals surface area (Å²) in [6.45, 7) is 7.53. The van der Waals surface area contributed by atoms with Crippen LogP contribution in [0.4, 0.5) is 30.9 Å². The summed E-state index contributed by atoms with van der Waals surface area (Å²) in [7, 11) is 0. The summed E-state index contributed by atoms with van der Waals surface area (Å²) >= 11 is 1.31. The first kappa shape index (κ1) is 32.1. The molecule has 0 atom stereocenters. The second-order valence-corrected chi connectivity index (χ2v) is 10.7. The SMILES string of the molecule is CCN(CC)CCOc1cccc(Nc2nccc(-c3scnc3-c3cccc(N(C(=O)O)C(=O)c4c(F)cccc4F)c3)n2)c1. The van der Waals surface area contributed by atoms with Crippen molar-refractivity contribution in [3.05, 3.63) is 102 Å². The standard InChI is InChI=1S/C33H30F2N6O4S/c1-3-40(4-2)16-17-45-24-11-6-9-22(19-24)38-32-36-15-14-27(39-32)30-29(37-20-46-30)21-8-5-10-23(18-21)41(33(43)44)31(42)28-25(34)12-7-13-26(28)35/h5-15,18-20H,3-4,16-17H2,1-2H3,(H,43,44)(H,36,38,39). The fourth-order valence-corrected chi connectivity index (χ4v) is 5.50. The van der Waals surface area contributed by atoms with Gasteiger partial charge in [0.1, 0.15) is 29.6 Å². The second kappa shape index (κ2) is 14.7. The van der Waals surface area contributed by atoms with E-state index in [0.29, 0.717) is 45.0 Å². The van der Waals surface area contributed by atoms with Crippen LogP contribution >= 0.6 is 11.3 Å². The summed E-state index contributed by atoms with van der Waals surface area (Å²) in [5, 5.41) is 13.1. The number of aromatic nitrogens is 3. The molecule has 0 fully saturated rings. The molecular formula is C33H30F2N6O4S. The number of carboxylic acid groups (broad SMARTS) is 1. The molecule has 2 heterocycles. The molecule has 2 amide bonds. The van der Waals surface area contributed by atoms with E-state index in [1.807, 2.05) is 24.3 Å². The number of nitrogens with zero attached hydrogens (tertiary/aromatic N) is 5. The van der Waals surface area contributed by atoms with Crippen LogP contribution in [-0.4, -0.2) is 63.2 Å². The van der Waals surface area contributed by atoms with Crippen molar-refractivity contribution in [2.45, 2.75) is 13.8 Å².